The Bertz CT molecular complexity index is 1040. The number of rotatable bonds is 7. The van der Waals surface area contributed by atoms with E-state index in [0.717, 1.165) is 11.1 Å². The van der Waals surface area contributed by atoms with Crippen LogP contribution < -0.4 is 14.2 Å². The van der Waals surface area contributed by atoms with Crippen LogP contribution in [0.5, 0.6) is 17.2 Å². The number of methoxy groups -OCH3 is 1. The van der Waals surface area contributed by atoms with Gasteiger partial charge in [-0.25, -0.2) is 4.79 Å². The van der Waals surface area contributed by atoms with Gasteiger partial charge in [0, 0.05) is 12.5 Å². The number of halogens is 1. The van der Waals surface area contributed by atoms with Crippen LogP contribution in [-0.4, -0.2) is 19.7 Å². The van der Waals surface area contributed by atoms with Gasteiger partial charge in [0.2, 0.25) is 0 Å². The van der Waals surface area contributed by atoms with Crippen molar-refractivity contribution in [1.82, 2.24) is 0 Å². The number of carbonyl (C=O) groups is 1. The Labute approximate surface area is 174 Å². The van der Waals surface area contributed by atoms with Crippen molar-refractivity contribution in [3.05, 3.63) is 88.4 Å². The van der Waals surface area contributed by atoms with Crippen LogP contribution >= 0.6 is 11.6 Å². The van der Waals surface area contributed by atoms with Crippen LogP contribution in [0.15, 0.2) is 66.7 Å². The van der Waals surface area contributed by atoms with Crippen LogP contribution in [0.4, 0.5) is 0 Å². The van der Waals surface area contributed by atoms with Crippen molar-refractivity contribution in [3.63, 3.8) is 0 Å². The summed E-state index contributed by atoms with van der Waals surface area (Å²) in [6.07, 6.45) is 0.682. The second-order valence-electron chi connectivity index (χ2n) is 6.13. The molecular formula is C23H18ClNO4. The average molecular weight is 408 g/mol. The highest BCUT2D eigenvalue weighted by Gasteiger charge is 2.17. The fourth-order valence-electron chi connectivity index (χ4n) is 2.77. The first kappa shape index (κ1) is 20.2. The van der Waals surface area contributed by atoms with E-state index in [1.54, 1.807) is 6.07 Å². The lowest BCUT2D eigenvalue weighted by molar-refractivity contribution is -0.136. The van der Waals surface area contributed by atoms with Gasteiger partial charge in [-0.15, -0.1) is 0 Å². The Morgan fingerprint density at radius 3 is 2.48 bits per heavy atom. The maximum absolute atomic E-state index is 12.3. The van der Waals surface area contributed by atoms with Crippen molar-refractivity contribution in [3.8, 4) is 23.3 Å². The number of carbonyl (C=O) groups excluding carboxylic acids is 1. The fourth-order valence-corrected chi connectivity index (χ4v) is 3.02. The maximum Gasteiger partial charge on any atom is 0.349 e. The maximum atomic E-state index is 12.3. The van der Waals surface area contributed by atoms with Crippen LogP contribution in [0.2, 0.25) is 5.02 Å². The van der Waals surface area contributed by atoms with Gasteiger partial charge < -0.3 is 14.2 Å². The molecule has 0 spiro atoms. The lowest BCUT2D eigenvalue weighted by atomic mass is 10.0. The van der Waals surface area contributed by atoms with E-state index in [-0.39, 0.29) is 23.1 Å². The standard InChI is InChI=1S/C23H18ClNO4/c1-27-21-13-17(14-25)12-19(24)23(21)29-22(26)15-28-20-10-6-5-9-18(20)11-16-7-3-2-4-8-16/h2-10,12-13H,11,15H2,1H3. The van der Waals surface area contributed by atoms with Crippen LogP contribution in [0.3, 0.4) is 0 Å². The molecule has 0 aliphatic heterocycles. The number of nitrogens with zero attached hydrogens (tertiary/aromatic N) is 1. The Morgan fingerprint density at radius 2 is 1.76 bits per heavy atom. The molecule has 0 atom stereocenters. The van der Waals surface area contributed by atoms with Crippen LogP contribution in [0.25, 0.3) is 0 Å². The van der Waals surface area contributed by atoms with Gasteiger partial charge in [0.05, 0.1) is 23.8 Å². The normalized spacial score (nSPS) is 10.1. The SMILES string of the molecule is COc1cc(C#N)cc(Cl)c1OC(=O)COc1ccccc1Cc1ccccc1. The third kappa shape index (κ3) is 5.28. The molecule has 0 bridgehead atoms. The van der Waals surface area contributed by atoms with E-state index < -0.39 is 5.97 Å². The second kappa shape index (κ2) is 9.63. The lowest BCUT2D eigenvalue weighted by Gasteiger charge is -2.13. The number of hydrogen-bond acceptors (Lipinski definition) is 5. The van der Waals surface area contributed by atoms with Crippen LogP contribution in [-0.2, 0) is 11.2 Å². The third-order valence-corrected chi connectivity index (χ3v) is 4.41. The van der Waals surface area contributed by atoms with Gasteiger partial charge in [-0.05, 0) is 23.3 Å². The van der Waals surface area contributed by atoms with Crippen molar-refractivity contribution in [2.24, 2.45) is 0 Å². The lowest BCUT2D eigenvalue weighted by Crippen LogP contribution is -2.18. The molecule has 0 amide bonds. The van der Waals surface area contributed by atoms with Crippen molar-refractivity contribution in [1.29, 1.82) is 5.26 Å². The number of para-hydroxylation sites is 1. The number of ether oxygens (including phenoxy) is 3. The van der Waals surface area contributed by atoms with Crippen molar-refractivity contribution < 1.29 is 19.0 Å². The molecule has 5 nitrogen and oxygen atoms in total. The summed E-state index contributed by atoms with van der Waals surface area (Å²) >= 11 is 6.12. The molecule has 29 heavy (non-hydrogen) atoms. The highest BCUT2D eigenvalue weighted by molar-refractivity contribution is 6.32. The van der Waals surface area contributed by atoms with E-state index in [1.165, 1.54) is 19.2 Å². The fraction of sp³-hybridized carbons (Fsp3) is 0.130. The van der Waals surface area contributed by atoms with Gasteiger partial charge in [-0.2, -0.15) is 5.26 Å². The molecule has 0 unspecified atom stereocenters. The predicted octanol–water partition coefficient (Wildman–Crippen LogP) is 4.80. The van der Waals surface area contributed by atoms with E-state index in [2.05, 4.69) is 0 Å². The Hall–Kier alpha value is -3.49. The number of esters is 1. The molecule has 0 heterocycles. The quantitative estimate of drug-likeness (QED) is 0.416. The zero-order valence-electron chi connectivity index (χ0n) is 15.7. The Morgan fingerprint density at radius 1 is 1.03 bits per heavy atom. The molecule has 146 valence electrons. The summed E-state index contributed by atoms with van der Waals surface area (Å²) in [5, 5.41) is 9.11. The molecular weight excluding hydrogens is 390 g/mol. The zero-order chi connectivity index (χ0) is 20.6. The Balaban J connectivity index is 1.69. The number of benzene rings is 3. The minimum Gasteiger partial charge on any atom is -0.493 e. The van der Waals surface area contributed by atoms with Gasteiger partial charge in [-0.3, -0.25) is 0 Å². The monoisotopic (exact) mass is 407 g/mol. The summed E-state index contributed by atoms with van der Waals surface area (Å²) in [7, 11) is 1.40. The molecule has 0 radical (unpaired) electrons. The first-order valence-corrected chi connectivity index (χ1v) is 9.21. The van der Waals surface area contributed by atoms with Crippen LogP contribution in [0.1, 0.15) is 16.7 Å². The van der Waals surface area contributed by atoms with Gasteiger partial charge in [0.15, 0.2) is 18.1 Å². The largest absolute Gasteiger partial charge is 0.493 e. The van der Waals surface area contributed by atoms with Gasteiger partial charge in [-0.1, -0.05) is 60.1 Å². The summed E-state index contributed by atoms with van der Waals surface area (Å²) < 4.78 is 16.2. The van der Waals surface area contributed by atoms with Crippen molar-refractivity contribution in [2.45, 2.75) is 6.42 Å². The first-order chi connectivity index (χ1) is 14.1. The molecule has 3 rings (SSSR count). The molecule has 3 aromatic carbocycles. The van der Waals surface area contributed by atoms with E-state index >= 15 is 0 Å². The minimum absolute atomic E-state index is 0.0549. The average Bonchev–Trinajstić information content (AvgIpc) is 2.75. The highest BCUT2D eigenvalue weighted by Crippen LogP contribution is 2.36. The molecule has 0 fully saturated rings. The predicted molar refractivity (Wildman–Crippen MR) is 110 cm³/mol. The summed E-state index contributed by atoms with van der Waals surface area (Å²) in [5.74, 6) is 0.224. The van der Waals surface area contributed by atoms with E-state index in [4.69, 9.17) is 31.1 Å². The molecule has 0 aliphatic rings. The summed E-state index contributed by atoms with van der Waals surface area (Å²) in [4.78, 5) is 12.3. The van der Waals surface area contributed by atoms with Crippen molar-refractivity contribution in [2.75, 3.05) is 13.7 Å². The molecule has 6 heteroatoms. The summed E-state index contributed by atoms with van der Waals surface area (Å²) in [6, 6.07) is 22.3. The van der Waals surface area contributed by atoms with E-state index in [9.17, 15) is 4.79 Å². The molecule has 0 saturated carbocycles. The molecule has 0 N–H and O–H groups in total. The minimum atomic E-state index is -0.635. The number of hydrogen-bond donors (Lipinski definition) is 0. The molecule has 0 aromatic heterocycles. The molecule has 0 saturated heterocycles. The summed E-state index contributed by atoms with van der Waals surface area (Å²) in [5.41, 5.74) is 2.40. The van der Waals surface area contributed by atoms with E-state index in [0.29, 0.717) is 17.7 Å². The highest BCUT2D eigenvalue weighted by atomic mass is 35.5. The van der Waals surface area contributed by atoms with Gasteiger partial charge in [0.1, 0.15) is 5.75 Å². The first-order valence-electron chi connectivity index (χ1n) is 8.83. The molecule has 3 aromatic rings. The van der Waals surface area contributed by atoms with E-state index in [1.807, 2.05) is 54.6 Å². The van der Waals surface area contributed by atoms with Gasteiger partial charge in [0.25, 0.3) is 0 Å². The molecule has 0 aliphatic carbocycles. The summed E-state index contributed by atoms with van der Waals surface area (Å²) in [6.45, 7) is -0.300. The third-order valence-electron chi connectivity index (χ3n) is 4.13. The zero-order valence-corrected chi connectivity index (χ0v) is 16.5. The topological polar surface area (TPSA) is 68.5 Å². The number of nitriles is 1. The van der Waals surface area contributed by atoms with Crippen molar-refractivity contribution >= 4 is 17.6 Å². The second-order valence-corrected chi connectivity index (χ2v) is 6.54. The Kier molecular flexibility index (Phi) is 6.72. The van der Waals surface area contributed by atoms with Gasteiger partial charge >= 0.3 is 5.97 Å². The van der Waals surface area contributed by atoms with Crippen LogP contribution in [0, 0.1) is 11.3 Å². The smallest absolute Gasteiger partial charge is 0.349 e.